The van der Waals surface area contributed by atoms with E-state index < -0.39 is 17.9 Å². The molecule has 0 saturated carbocycles. The number of aromatic nitrogens is 2. The van der Waals surface area contributed by atoms with Crippen molar-refractivity contribution in [1.29, 1.82) is 0 Å². The van der Waals surface area contributed by atoms with E-state index in [-0.39, 0.29) is 11.5 Å². The van der Waals surface area contributed by atoms with Gasteiger partial charge in [0.1, 0.15) is 6.04 Å². The van der Waals surface area contributed by atoms with Crippen molar-refractivity contribution in [2.24, 2.45) is 5.92 Å². The number of rotatable bonds is 4. The molecule has 102 valence electrons. The van der Waals surface area contributed by atoms with Crippen LogP contribution in [0.15, 0.2) is 18.5 Å². The summed E-state index contributed by atoms with van der Waals surface area (Å²) in [5, 5.41) is 18.9. The molecular weight excluding hydrogens is 250 g/mol. The van der Waals surface area contributed by atoms with Crippen LogP contribution in [0, 0.1) is 5.92 Å². The van der Waals surface area contributed by atoms with Gasteiger partial charge in [0.2, 0.25) is 0 Å². The van der Waals surface area contributed by atoms with Crippen LogP contribution in [-0.4, -0.2) is 46.4 Å². The van der Waals surface area contributed by atoms with Crippen LogP contribution in [0.3, 0.4) is 0 Å². The molecule has 2 rings (SSSR count). The maximum Gasteiger partial charge on any atom is 0.326 e. The molecule has 0 radical (unpaired) electrons. The summed E-state index contributed by atoms with van der Waals surface area (Å²) in [5.41, 5.74) is 0.290. The summed E-state index contributed by atoms with van der Waals surface area (Å²) in [5.74, 6) is -1.72. The minimum atomic E-state index is -1.05. The van der Waals surface area contributed by atoms with Gasteiger partial charge in [0.05, 0.1) is 24.6 Å². The molecule has 1 fully saturated rings. The fourth-order valence-electron chi connectivity index (χ4n) is 2.06. The van der Waals surface area contributed by atoms with Crippen molar-refractivity contribution in [3.05, 3.63) is 24.0 Å². The number of carboxylic acids is 1. The van der Waals surface area contributed by atoms with Gasteiger partial charge in [-0.15, -0.1) is 0 Å². The Bertz CT molecular complexity index is 446. The minimum Gasteiger partial charge on any atom is -0.480 e. The predicted molar refractivity (Wildman–Crippen MR) is 64.5 cm³/mol. The zero-order chi connectivity index (χ0) is 13.7. The number of carbonyl (C=O) groups excluding carboxylic acids is 1. The van der Waals surface area contributed by atoms with Crippen LogP contribution in [0.25, 0.3) is 0 Å². The zero-order valence-electron chi connectivity index (χ0n) is 10.3. The molecule has 0 aromatic carbocycles. The summed E-state index contributed by atoms with van der Waals surface area (Å²) in [7, 11) is 0. The van der Waals surface area contributed by atoms with E-state index in [1.54, 1.807) is 0 Å². The lowest BCUT2D eigenvalue weighted by atomic mass is 9.93. The average molecular weight is 265 g/mol. The Kier molecular flexibility index (Phi) is 4.40. The number of nitrogens with one attached hydrogen (secondary N) is 1. The lowest BCUT2D eigenvalue weighted by molar-refractivity contribution is -0.142. The highest BCUT2D eigenvalue weighted by Crippen LogP contribution is 2.18. The molecule has 19 heavy (non-hydrogen) atoms. The third-order valence-corrected chi connectivity index (χ3v) is 3.07. The normalized spacial score (nSPS) is 20.5. The van der Waals surface area contributed by atoms with Crippen molar-refractivity contribution in [1.82, 2.24) is 15.5 Å². The van der Waals surface area contributed by atoms with Crippen molar-refractivity contribution >= 4 is 11.9 Å². The van der Waals surface area contributed by atoms with E-state index in [9.17, 15) is 14.7 Å². The monoisotopic (exact) mass is 265 g/mol. The molecular formula is C12H15N3O4. The van der Waals surface area contributed by atoms with E-state index in [4.69, 9.17) is 4.74 Å². The number of ether oxygens (including phenoxy) is 1. The number of hydrogen-bond acceptors (Lipinski definition) is 5. The second kappa shape index (κ2) is 6.24. The lowest BCUT2D eigenvalue weighted by Crippen LogP contribution is -2.48. The third kappa shape index (κ3) is 3.47. The summed E-state index contributed by atoms with van der Waals surface area (Å²) in [6, 6.07) is 0.541. The van der Waals surface area contributed by atoms with Gasteiger partial charge >= 0.3 is 5.97 Å². The summed E-state index contributed by atoms with van der Waals surface area (Å²) in [6.07, 6.45) is 4.22. The molecule has 2 unspecified atom stereocenters. The first kappa shape index (κ1) is 13.4. The number of amides is 1. The van der Waals surface area contributed by atoms with E-state index in [2.05, 4.69) is 15.5 Å². The SMILES string of the molecule is O=C(NC(C(=O)O)C1CCCOC1)c1ccnnc1. The van der Waals surface area contributed by atoms with Crippen LogP contribution >= 0.6 is 0 Å². The van der Waals surface area contributed by atoms with Gasteiger partial charge in [-0.25, -0.2) is 4.79 Å². The van der Waals surface area contributed by atoms with E-state index in [0.717, 1.165) is 12.8 Å². The predicted octanol–water partition coefficient (Wildman–Crippen LogP) is 0.0862. The second-order valence-electron chi connectivity index (χ2n) is 4.40. The van der Waals surface area contributed by atoms with Crippen LogP contribution in [0.4, 0.5) is 0 Å². The van der Waals surface area contributed by atoms with E-state index >= 15 is 0 Å². The highest BCUT2D eigenvalue weighted by Gasteiger charge is 2.31. The summed E-state index contributed by atoms with van der Waals surface area (Å²) in [6.45, 7) is 0.997. The first-order chi connectivity index (χ1) is 9.18. The Balaban J connectivity index is 2.04. The van der Waals surface area contributed by atoms with Crippen molar-refractivity contribution in [2.75, 3.05) is 13.2 Å². The first-order valence-electron chi connectivity index (χ1n) is 6.06. The fraction of sp³-hybridized carbons (Fsp3) is 0.500. The number of nitrogens with zero attached hydrogens (tertiary/aromatic N) is 2. The molecule has 2 heterocycles. The number of carboxylic acid groups (broad SMARTS) is 1. The first-order valence-corrected chi connectivity index (χ1v) is 6.06. The quantitative estimate of drug-likeness (QED) is 0.799. The largest absolute Gasteiger partial charge is 0.480 e. The molecule has 1 aromatic heterocycles. The molecule has 7 nitrogen and oxygen atoms in total. The molecule has 2 N–H and O–H groups in total. The van der Waals surface area contributed by atoms with Gasteiger partial charge in [-0.3, -0.25) is 4.79 Å². The standard InChI is InChI=1S/C12H15N3O4/c16-11(8-3-4-13-14-6-8)15-10(12(17)18)9-2-1-5-19-7-9/h3-4,6,9-10H,1-2,5,7H2,(H,15,16)(H,17,18). The van der Waals surface area contributed by atoms with Crippen molar-refractivity contribution in [2.45, 2.75) is 18.9 Å². The fourth-order valence-corrected chi connectivity index (χ4v) is 2.06. The highest BCUT2D eigenvalue weighted by atomic mass is 16.5. The maximum absolute atomic E-state index is 11.9. The van der Waals surface area contributed by atoms with Crippen molar-refractivity contribution in [3.8, 4) is 0 Å². The van der Waals surface area contributed by atoms with Gasteiger partial charge in [-0.2, -0.15) is 10.2 Å². The van der Waals surface area contributed by atoms with Gasteiger partial charge < -0.3 is 15.2 Å². The third-order valence-electron chi connectivity index (χ3n) is 3.07. The Morgan fingerprint density at radius 1 is 1.47 bits per heavy atom. The van der Waals surface area contributed by atoms with Crippen molar-refractivity contribution < 1.29 is 19.4 Å². The summed E-state index contributed by atoms with van der Waals surface area (Å²) in [4.78, 5) is 23.2. The van der Waals surface area contributed by atoms with Gasteiger partial charge in [-0.05, 0) is 18.9 Å². The molecule has 1 aliphatic heterocycles. The van der Waals surface area contributed by atoms with E-state index in [0.29, 0.717) is 13.2 Å². The molecule has 2 atom stereocenters. The van der Waals surface area contributed by atoms with Gasteiger partial charge in [0.25, 0.3) is 5.91 Å². The van der Waals surface area contributed by atoms with E-state index in [1.807, 2.05) is 0 Å². The Labute approximate surface area is 110 Å². The Hall–Kier alpha value is -2.02. The smallest absolute Gasteiger partial charge is 0.326 e. The maximum atomic E-state index is 11.9. The minimum absolute atomic E-state index is 0.204. The molecule has 1 aliphatic rings. The number of hydrogen-bond donors (Lipinski definition) is 2. The van der Waals surface area contributed by atoms with Crippen LogP contribution in [0.1, 0.15) is 23.2 Å². The van der Waals surface area contributed by atoms with Crippen LogP contribution in [-0.2, 0) is 9.53 Å². The number of aliphatic carboxylic acids is 1. The lowest BCUT2D eigenvalue weighted by Gasteiger charge is -2.28. The van der Waals surface area contributed by atoms with Gasteiger partial charge in [0.15, 0.2) is 0 Å². The topological polar surface area (TPSA) is 101 Å². The second-order valence-corrected chi connectivity index (χ2v) is 4.40. The van der Waals surface area contributed by atoms with Crippen molar-refractivity contribution in [3.63, 3.8) is 0 Å². The molecule has 1 saturated heterocycles. The van der Waals surface area contributed by atoms with Gasteiger partial charge in [0, 0.05) is 12.5 Å². The molecule has 1 aromatic rings. The average Bonchev–Trinajstić information content (AvgIpc) is 2.46. The summed E-state index contributed by atoms with van der Waals surface area (Å²) < 4.78 is 5.26. The molecule has 0 spiro atoms. The van der Waals surface area contributed by atoms with Crippen LogP contribution < -0.4 is 5.32 Å². The zero-order valence-corrected chi connectivity index (χ0v) is 10.3. The Morgan fingerprint density at radius 2 is 2.32 bits per heavy atom. The summed E-state index contributed by atoms with van der Waals surface area (Å²) >= 11 is 0. The van der Waals surface area contributed by atoms with E-state index in [1.165, 1.54) is 18.5 Å². The highest BCUT2D eigenvalue weighted by molar-refractivity contribution is 5.96. The number of carbonyl (C=O) groups is 2. The Morgan fingerprint density at radius 3 is 2.89 bits per heavy atom. The molecule has 7 heteroatoms. The molecule has 0 aliphatic carbocycles. The van der Waals surface area contributed by atoms with Crippen LogP contribution in [0.5, 0.6) is 0 Å². The van der Waals surface area contributed by atoms with Gasteiger partial charge in [-0.1, -0.05) is 0 Å². The molecule has 0 bridgehead atoms. The molecule has 1 amide bonds. The van der Waals surface area contributed by atoms with Crippen LogP contribution in [0.2, 0.25) is 0 Å².